The number of halogens is 1. The molecule has 7 atom stereocenters. The van der Waals surface area contributed by atoms with Crippen molar-refractivity contribution in [3.8, 4) is 5.75 Å². The predicted octanol–water partition coefficient (Wildman–Crippen LogP) is 7.30. The van der Waals surface area contributed by atoms with Crippen LogP contribution < -0.4 is 48.5 Å². The number of hydrogen-bond acceptors (Lipinski definition) is 16. The van der Waals surface area contributed by atoms with Crippen LogP contribution in [-0.4, -0.2) is 162 Å². The minimum absolute atomic E-state index is 0.0509. The van der Waals surface area contributed by atoms with Crippen molar-refractivity contribution in [3.05, 3.63) is 81.3 Å². The molecule has 498 valence electrons. The maximum Gasteiger partial charge on any atom is 0.222 e. The van der Waals surface area contributed by atoms with E-state index in [4.69, 9.17) is 37.6 Å². The van der Waals surface area contributed by atoms with E-state index in [0.717, 1.165) is 116 Å². The van der Waals surface area contributed by atoms with Crippen LogP contribution in [0.5, 0.6) is 5.75 Å². The van der Waals surface area contributed by atoms with E-state index in [0.29, 0.717) is 87.1 Å². The SMILES string of the molecule is CC.CC(N)CNC=O.CC1(C)COC/C(=C(/N)C2CC2)NC1C=O.CC=N/C(C)=C(\C)c1ccc(C(CC(=O)NCCCCCc2cccc(OCC(CCC=O)NC=O)c2Cl)NC=O)cc1.CCCC1CCC(C)N1C=O.CN.CN1CCC(O)C1. The summed E-state index contributed by atoms with van der Waals surface area (Å²) in [5.74, 6) is 0.909. The standard InChI is InChI=1S/C33H43ClN4O5.C12H20N2O2.C9H17NO.C5H11NO.C4H10N2O.C2H6.CH5N/c1-4-35-25(3)24(2)26-14-16-27(17-15-26)30(38-23-41)20-32(42)36-18-7-5-6-10-28-11-8-13-31(33(28)34)43-21-29(37-22-40)12-9-19-39;1-12(2)7-16-6-9(14-10(12)5-15)11(13)8-3-4-8;1-3-4-9-6-5-8(2)10(9)7-11;1-6-3-2-5(7)4-6;1-4(5)2-6-3-7;2*1-2/h4,8,11,13-17,19,22-23,29-30H,5-7,9-10,12,18,20-21H2,1-3H3,(H,36,42)(H,37,40)(H,38,41);5,8,10,14H,3-4,6-7,13H2,1-2H3;7-9H,3-6H2,1-2H3;5,7H,2-4H2,1H3;3-4H,2,5H2,1H3,(H,6,7);1-2H3;2H2,1H3/b25-24+,35-4?;11-9-;;;;;. The summed E-state index contributed by atoms with van der Waals surface area (Å²) in [6.45, 7) is 24.3. The zero-order valence-corrected chi connectivity index (χ0v) is 55.9. The van der Waals surface area contributed by atoms with Crippen LogP contribution in [0.2, 0.25) is 5.02 Å². The number of aryl methyl sites for hydroxylation is 1. The van der Waals surface area contributed by atoms with Crippen molar-refractivity contribution < 1.29 is 48.1 Å². The lowest BCUT2D eigenvalue weighted by atomic mass is 9.86. The molecule has 5 amide bonds. The number of β-amino-alcohol motifs (C(OH)–C–C–N with tert-alkyl or cyclic N) is 1. The number of benzene rings is 2. The minimum atomic E-state index is -0.420. The lowest BCUT2D eigenvalue weighted by Gasteiger charge is -2.28. The highest BCUT2D eigenvalue weighted by Crippen LogP contribution is 2.36. The Morgan fingerprint density at radius 3 is 2.17 bits per heavy atom. The number of nitrogens with zero attached hydrogens (tertiary/aromatic N) is 3. The van der Waals surface area contributed by atoms with Crippen molar-refractivity contribution in [2.24, 2.45) is 33.5 Å². The number of amides is 5. The van der Waals surface area contributed by atoms with Gasteiger partial charge in [-0.3, -0.25) is 29.0 Å². The molecule has 3 saturated heterocycles. The van der Waals surface area contributed by atoms with Gasteiger partial charge in [0, 0.05) is 79.7 Å². The molecule has 4 aliphatic rings. The van der Waals surface area contributed by atoms with Gasteiger partial charge in [0.25, 0.3) is 0 Å². The number of likely N-dealkylation sites (tertiary alicyclic amines) is 2. The molecule has 0 aromatic heterocycles. The molecule has 0 radical (unpaired) electrons. The molecule has 2 aromatic rings. The second-order valence-corrected chi connectivity index (χ2v) is 23.1. The second kappa shape index (κ2) is 48.7. The first-order chi connectivity index (χ1) is 42.2. The Labute approximate surface area is 531 Å². The number of nitrogens with two attached hydrogens (primary N) is 3. The van der Waals surface area contributed by atoms with Crippen LogP contribution in [0.25, 0.3) is 5.57 Å². The summed E-state index contributed by atoms with van der Waals surface area (Å²) in [6, 6.07) is 13.6. The molecule has 88 heavy (non-hydrogen) atoms. The molecule has 1 aliphatic carbocycles. The van der Waals surface area contributed by atoms with E-state index in [1.165, 1.54) is 32.7 Å². The van der Waals surface area contributed by atoms with Crippen molar-refractivity contribution in [2.75, 3.05) is 60.1 Å². The molecule has 0 spiro atoms. The van der Waals surface area contributed by atoms with Gasteiger partial charge >= 0.3 is 0 Å². The molecule has 21 nitrogen and oxygen atoms in total. The van der Waals surface area contributed by atoms with E-state index in [2.05, 4.69) is 56.1 Å². The van der Waals surface area contributed by atoms with Gasteiger partial charge in [-0.2, -0.15) is 0 Å². The first kappa shape index (κ1) is 81.8. The van der Waals surface area contributed by atoms with Crippen molar-refractivity contribution in [2.45, 2.75) is 201 Å². The topological polar surface area (TPSA) is 315 Å². The summed E-state index contributed by atoms with van der Waals surface area (Å²) in [6.07, 6.45) is 18.7. The second-order valence-electron chi connectivity index (χ2n) is 22.8. The number of aliphatic imine (C=N–C) groups is 1. The molecule has 4 fully saturated rings. The Balaban J connectivity index is 0.00000134. The van der Waals surface area contributed by atoms with E-state index in [-0.39, 0.29) is 48.6 Å². The van der Waals surface area contributed by atoms with Gasteiger partial charge in [0.1, 0.15) is 24.9 Å². The fourth-order valence-electron chi connectivity index (χ4n) is 9.56. The molecule has 6 rings (SSSR count). The van der Waals surface area contributed by atoms with E-state index in [9.17, 15) is 33.6 Å². The van der Waals surface area contributed by atoms with Crippen molar-refractivity contribution in [3.63, 3.8) is 0 Å². The number of carbonyl (C=O) groups is 7. The number of allylic oxidation sites excluding steroid dienone is 3. The molecule has 12 N–H and O–H groups in total. The normalized spacial score (nSPS) is 20.0. The molecule has 1 saturated carbocycles. The number of nitrogens with one attached hydrogen (secondary N) is 5. The number of likely N-dealkylation sites (N-methyl/N-ethyl adjacent to an activating group) is 1. The van der Waals surface area contributed by atoms with Crippen molar-refractivity contribution in [1.82, 2.24) is 36.4 Å². The third kappa shape index (κ3) is 33.4. The summed E-state index contributed by atoms with van der Waals surface area (Å²) in [5, 5.41) is 23.4. The largest absolute Gasteiger partial charge is 0.490 e. The summed E-state index contributed by atoms with van der Waals surface area (Å²) >= 11 is 6.56. The van der Waals surface area contributed by atoms with Crippen molar-refractivity contribution >= 4 is 67.5 Å². The lowest BCUT2D eigenvalue weighted by Crippen LogP contribution is -2.43. The Bertz CT molecular complexity index is 2360. The Kier molecular flexibility index (Phi) is 45.2. The van der Waals surface area contributed by atoms with E-state index in [1.54, 1.807) is 12.3 Å². The van der Waals surface area contributed by atoms with Gasteiger partial charge < -0.3 is 77.8 Å². The van der Waals surface area contributed by atoms with E-state index >= 15 is 0 Å². The summed E-state index contributed by atoms with van der Waals surface area (Å²) in [4.78, 5) is 85.0. The van der Waals surface area contributed by atoms with Crippen LogP contribution in [0.4, 0.5) is 0 Å². The molecule has 0 bridgehead atoms. The van der Waals surface area contributed by atoms with Crippen LogP contribution in [0, 0.1) is 11.3 Å². The number of aliphatic hydroxyl groups excluding tert-OH is 1. The summed E-state index contributed by atoms with van der Waals surface area (Å²) in [5.41, 5.74) is 22.3. The third-order valence-corrected chi connectivity index (χ3v) is 15.4. The highest BCUT2D eigenvalue weighted by molar-refractivity contribution is 6.32. The Hall–Kier alpha value is -6.23. The van der Waals surface area contributed by atoms with Gasteiger partial charge in [-0.1, -0.05) is 95.5 Å². The Morgan fingerprint density at radius 1 is 0.966 bits per heavy atom. The number of aliphatic hydroxyl groups is 1. The van der Waals surface area contributed by atoms with Gasteiger partial charge in [0.05, 0.1) is 54.6 Å². The highest BCUT2D eigenvalue weighted by Gasteiger charge is 2.35. The highest BCUT2D eigenvalue weighted by atomic mass is 35.5. The zero-order chi connectivity index (χ0) is 66.5. The Morgan fingerprint density at radius 2 is 1.65 bits per heavy atom. The molecule has 2 aromatic carbocycles. The first-order valence-electron chi connectivity index (χ1n) is 31.4. The van der Waals surface area contributed by atoms with Gasteiger partial charge in [-0.25, -0.2) is 0 Å². The molecule has 3 heterocycles. The maximum absolute atomic E-state index is 12.6. The fourth-order valence-corrected chi connectivity index (χ4v) is 9.84. The van der Waals surface area contributed by atoms with E-state index in [1.807, 2.05) is 104 Å². The van der Waals surface area contributed by atoms with Crippen LogP contribution >= 0.6 is 11.6 Å². The number of unbranched alkanes of at least 4 members (excludes halogenated alkanes) is 2. The average molecular weight is 1260 g/mol. The van der Waals surface area contributed by atoms with Gasteiger partial charge in [-0.05, 0) is 141 Å². The first-order valence-corrected chi connectivity index (χ1v) is 31.8. The van der Waals surface area contributed by atoms with E-state index < -0.39 is 6.04 Å². The number of hydrogen-bond donors (Lipinski definition) is 9. The number of aldehydes is 2. The average Bonchev–Trinajstić information content (AvgIpc) is 4.46. The predicted molar refractivity (Wildman–Crippen MR) is 355 cm³/mol. The molecular formula is C66H112ClN11O10. The van der Waals surface area contributed by atoms with Gasteiger partial charge in [-0.15, -0.1) is 0 Å². The molecular weight excluding hydrogens is 1140 g/mol. The van der Waals surface area contributed by atoms with Gasteiger partial charge in [0.2, 0.25) is 31.5 Å². The third-order valence-electron chi connectivity index (χ3n) is 15.0. The number of ether oxygens (including phenoxy) is 2. The minimum Gasteiger partial charge on any atom is -0.490 e. The molecule has 22 heteroatoms. The van der Waals surface area contributed by atoms with Crippen molar-refractivity contribution in [1.29, 1.82) is 0 Å². The number of carbonyl (C=O) groups excluding carboxylic acids is 7. The lowest BCUT2D eigenvalue weighted by molar-refractivity contribution is -0.122. The fraction of sp³-hybridized carbons (Fsp3) is 0.636. The number of rotatable bonds is 29. The monoisotopic (exact) mass is 1250 g/mol. The smallest absolute Gasteiger partial charge is 0.222 e. The summed E-state index contributed by atoms with van der Waals surface area (Å²) in [7, 11) is 3.52. The van der Waals surface area contributed by atoms with Crippen LogP contribution in [0.1, 0.15) is 175 Å². The van der Waals surface area contributed by atoms with Crippen LogP contribution in [-0.2, 0) is 44.7 Å². The molecule has 7 unspecified atom stereocenters. The van der Waals surface area contributed by atoms with Gasteiger partial charge in [0.15, 0.2) is 0 Å². The molecule has 3 aliphatic heterocycles. The maximum atomic E-state index is 12.6. The van der Waals surface area contributed by atoms with Crippen LogP contribution in [0.3, 0.4) is 0 Å². The zero-order valence-electron chi connectivity index (χ0n) is 55.1. The van der Waals surface area contributed by atoms with Crippen LogP contribution in [0.15, 0.2) is 64.5 Å². The quantitative estimate of drug-likeness (QED) is 0.0219. The summed E-state index contributed by atoms with van der Waals surface area (Å²) < 4.78 is 11.4.